The molecule has 0 aromatic heterocycles. The Morgan fingerprint density at radius 3 is 2.55 bits per heavy atom. The molecule has 0 spiro atoms. The second-order valence-corrected chi connectivity index (χ2v) is 4.14. The number of nitro groups is 1. The quantitative estimate of drug-likeness (QED) is 0.525. The lowest BCUT2D eigenvalue weighted by molar-refractivity contribution is -0.384. The third-order valence-electron chi connectivity index (χ3n) is 2.76. The summed E-state index contributed by atoms with van der Waals surface area (Å²) in [7, 11) is 0. The van der Waals surface area contributed by atoms with Crippen molar-refractivity contribution in [3.63, 3.8) is 0 Å². The summed E-state index contributed by atoms with van der Waals surface area (Å²) < 4.78 is 0. The largest absolute Gasteiger partial charge is 0.366 e. The summed E-state index contributed by atoms with van der Waals surface area (Å²) in [5.74, 6) is -0.510. The van der Waals surface area contributed by atoms with Gasteiger partial charge in [0.1, 0.15) is 0 Å². The first-order chi connectivity index (χ1) is 9.58. The average molecular weight is 268 g/mol. The smallest absolute Gasteiger partial charge is 0.270 e. The molecule has 0 atom stereocenters. The van der Waals surface area contributed by atoms with Gasteiger partial charge in [-0.05, 0) is 17.2 Å². The van der Waals surface area contributed by atoms with Crippen LogP contribution in [0, 0.1) is 10.1 Å². The van der Waals surface area contributed by atoms with Crippen molar-refractivity contribution in [2.75, 3.05) is 0 Å². The summed E-state index contributed by atoms with van der Waals surface area (Å²) in [5, 5.41) is 10.7. The normalized spacial score (nSPS) is 10.6. The van der Waals surface area contributed by atoms with Gasteiger partial charge in [-0.2, -0.15) is 0 Å². The molecule has 0 bridgehead atoms. The zero-order valence-corrected chi connectivity index (χ0v) is 10.5. The van der Waals surface area contributed by atoms with E-state index in [2.05, 4.69) is 0 Å². The summed E-state index contributed by atoms with van der Waals surface area (Å²) in [4.78, 5) is 21.5. The molecule has 0 aliphatic heterocycles. The number of nitro benzene ring substituents is 1. The van der Waals surface area contributed by atoms with Crippen LogP contribution in [0.2, 0.25) is 0 Å². The first-order valence-corrected chi connectivity index (χ1v) is 5.89. The van der Waals surface area contributed by atoms with Crippen molar-refractivity contribution in [1.82, 2.24) is 0 Å². The number of benzene rings is 2. The standard InChI is InChI=1S/C15H12N2O3/c16-15(18)14-7-2-1-5-12(14)9-8-11-4-3-6-13(10-11)17(19)20/h1-10H,(H2,16,18). The fraction of sp³-hybridized carbons (Fsp3) is 0. The zero-order chi connectivity index (χ0) is 14.5. The van der Waals surface area contributed by atoms with E-state index in [-0.39, 0.29) is 5.69 Å². The number of carbonyl (C=O) groups excluding carboxylic acids is 1. The minimum Gasteiger partial charge on any atom is -0.366 e. The van der Waals surface area contributed by atoms with Crippen molar-refractivity contribution >= 4 is 23.7 Å². The summed E-state index contributed by atoms with van der Waals surface area (Å²) in [6, 6.07) is 13.2. The molecular formula is C15H12N2O3. The number of nitrogens with two attached hydrogens (primary N) is 1. The topological polar surface area (TPSA) is 86.2 Å². The van der Waals surface area contributed by atoms with Gasteiger partial charge in [-0.15, -0.1) is 0 Å². The highest BCUT2D eigenvalue weighted by molar-refractivity contribution is 5.97. The van der Waals surface area contributed by atoms with Gasteiger partial charge >= 0.3 is 0 Å². The number of primary amides is 1. The molecule has 20 heavy (non-hydrogen) atoms. The van der Waals surface area contributed by atoms with Gasteiger partial charge in [-0.1, -0.05) is 42.5 Å². The van der Waals surface area contributed by atoms with Crippen molar-refractivity contribution in [2.24, 2.45) is 5.73 Å². The lowest BCUT2D eigenvalue weighted by Crippen LogP contribution is -2.12. The third kappa shape index (κ3) is 3.08. The molecule has 2 aromatic carbocycles. The Balaban J connectivity index is 2.32. The first-order valence-electron chi connectivity index (χ1n) is 5.89. The highest BCUT2D eigenvalue weighted by atomic mass is 16.6. The summed E-state index contributed by atoms with van der Waals surface area (Å²) in [5.41, 5.74) is 7.07. The van der Waals surface area contributed by atoms with Crippen molar-refractivity contribution < 1.29 is 9.72 Å². The Morgan fingerprint density at radius 1 is 1.10 bits per heavy atom. The molecule has 0 aliphatic rings. The number of nitrogens with zero attached hydrogens (tertiary/aromatic N) is 1. The van der Waals surface area contributed by atoms with Gasteiger partial charge in [-0.25, -0.2) is 0 Å². The summed E-state index contributed by atoms with van der Waals surface area (Å²) in [6.07, 6.45) is 3.41. The molecule has 100 valence electrons. The minimum atomic E-state index is -0.510. The monoisotopic (exact) mass is 268 g/mol. The van der Waals surface area contributed by atoms with Gasteiger partial charge in [-0.3, -0.25) is 14.9 Å². The van der Waals surface area contributed by atoms with Gasteiger partial charge in [0.25, 0.3) is 5.69 Å². The van der Waals surface area contributed by atoms with Crippen LogP contribution >= 0.6 is 0 Å². The van der Waals surface area contributed by atoms with E-state index in [1.54, 1.807) is 48.6 Å². The van der Waals surface area contributed by atoms with Crippen LogP contribution in [0.25, 0.3) is 12.2 Å². The molecule has 1 amide bonds. The number of non-ortho nitro benzene ring substituents is 1. The molecule has 0 fully saturated rings. The van der Waals surface area contributed by atoms with Gasteiger partial charge in [0.15, 0.2) is 0 Å². The number of hydrogen-bond acceptors (Lipinski definition) is 3. The van der Waals surface area contributed by atoms with E-state index in [0.29, 0.717) is 16.7 Å². The van der Waals surface area contributed by atoms with Crippen molar-refractivity contribution in [1.29, 1.82) is 0 Å². The second-order valence-electron chi connectivity index (χ2n) is 4.14. The van der Waals surface area contributed by atoms with Crippen molar-refractivity contribution in [2.45, 2.75) is 0 Å². The lowest BCUT2D eigenvalue weighted by Gasteiger charge is -2.01. The van der Waals surface area contributed by atoms with Crippen LogP contribution in [0.1, 0.15) is 21.5 Å². The van der Waals surface area contributed by atoms with E-state index in [0.717, 1.165) is 0 Å². The molecular weight excluding hydrogens is 256 g/mol. The van der Waals surface area contributed by atoms with Crippen LogP contribution in [-0.2, 0) is 0 Å². The molecule has 2 N–H and O–H groups in total. The fourth-order valence-electron chi connectivity index (χ4n) is 1.79. The third-order valence-corrected chi connectivity index (χ3v) is 2.76. The Bertz CT molecular complexity index is 693. The number of carbonyl (C=O) groups is 1. The second kappa shape index (κ2) is 5.79. The number of hydrogen-bond donors (Lipinski definition) is 1. The maximum absolute atomic E-state index is 11.3. The lowest BCUT2D eigenvalue weighted by atomic mass is 10.1. The molecule has 5 heteroatoms. The predicted octanol–water partition coefficient (Wildman–Crippen LogP) is 2.86. The van der Waals surface area contributed by atoms with E-state index in [1.165, 1.54) is 12.1 Å². The SMILES string of the molecule is NC(=O)c1ccccc1C=Cc1cccc([N+](=O)[O-])c1. The Labute approximate surface area is 115 Å². The highest BCUT2D eigenvalue weighted by Crippen LogP contribution is 2.17. The van der Waals surface area contributed by atoms with Crippen LogP contribution in [0.5, 0.6) is 0 Å². The summed E-state index contributed by atoms with van der Waals surface area (Å²) >= 11 is 0. The Morgan fingerprint density at radius 2 is 1.85 bits per heavy atom. The average Bonchev–Trinajstić information content (AvgIpc) is 2.45. The molecule has 5 nitrogen and oxygen atoms in total. The van der Waals surface area contributed by atoms with Gasteiger partial charge in [0.05, 0.1) is 4.92 Å². The maximum Gasteiger partial charge on any atom is 0.270 e. The molecule has 0 unspecified atom stereocenters. The van der Waals surface area contributed by atoms with E-state index in [4.69, 9.17) is 5.73 Å². The molecule has 0 radical (unpaired) electrons. The van der Waals surface area contributed by atoms with Crippen LogP contribution in [-0.4, -0.2) is 10.8 Å². The molecule has 0 saturated carbocycles. The first kappa shape index (κ1) is 13.5. The molecule has 0 heterocycles. The van der Waals surface area contributed by atoms with Gasteiger partial charge in [0.2, 0.25) is 5.91 Å². The molecule has 0 aliphatic carbocycles. The summed E-state index contributed by atoms with van der Waals surface area (Å²) in [6.45, 7) is 0. The van der Waals surface area contributed by atoms with Crippen LogP contribution in [0.15, 0.2) is 48.5 Å². The van der Waals surface area contributed by atoms with Crippen molar-refractivity contribution in [3.8, 4) is 0 Å². The molecule has 2 aromatic rings. The number of rotatable bonds is 4. The van der Waals surface area contributed by atoms with E-state index < -0.39 is 10.8 Å². The van der Waals surface area contributed by atoms with E-state index in [9.17, 15) is 14.9 Å². The van der Waals surface area contributed by atoms with E-state index >= 15 is 0 Å². The van der Waals surface area contributed by atoms with Crippen LogP contribution in [0.3, 0.4) is 0 Å². The van der Waals surface area contributed by atoms with E-state index in [1.807, 2.05) is 0 Å². The van der Waals surface area contributed by atoms with Crippen LogP contribution < -0.4 is 5.73 Å². The zero-order valence-electron chi connectivity index (χ0n) is 10.5. The number of amides is 1. The Hall–Kier alpha value is -2.95. The maximum atomic E-state index is 11.3. The van der Waals surface area contributed by atoms with Gasteiger partial charge < -0.3 is 5.73 Å². The van der Waals surface area contributed by atoms with Crippen molar-refractivity contribution in [3.05, 3.63) is 75.3 Å². The molecule has 0 saturated heterocycles. The van der Waals surface area contributed by atoms with Gasteiger partial charge in [0, 0.05) is 17.7 Å². The fourth-order valence-corrected chi connectivity index (χ4v) is 1.79. The highest BCUT2D eigenvalue weighted by Gasteiger charge is 2.05. The molecule has 2 rings (SSSR count). The predicted molar refractivity (Wildman–Crippen MR) is 77.0 cm³/mol. The van der Waals surface area contributed by atoms with Crippen LogP contribution in [0.4, 0.5) is 5.69 Å². The Kier molecular flexibility index (Phi) is 3.91. The minimum absolute atomic E-state index is 0.0235.